The van der Waals surface area contributed by atoms with Gasteiger partial charge < -0.3 is 25.4 Å². The average Bonchev–Trinajstić information content (AvgIpc) is 2.74. The topological polar surface area (TPSA) is 92.4 Å². The second kappa shape index (κ2) is 11.0. The van der Waals surface area contributed by atoms with Crippen LogP contribution < -0.4 is 11.1 Å². The number of morpholine rings is 1. The summed E-state index contributed by atoms with van der Waals surface area (Å²) in [5, 5.41) is 3.30. The molecular weight excluding hydrogens is 370 g/mol. The smallest absolute Gasteiger partial charge is 0.409 e. The van der Waals surface area contributed by atoms with E-state index < -0.39 is 0 Å². The second-order valence-corrected chi connectivity index (χ2v) is 7.46. The summed E-state index contributed by atoms with van der Waals surface area (Å²) in [7, 11) is 0. The number of hydrogen-bond donors (Lipinski definition) is 2. The number of amides is 1. The Balaban J connectivity index is 1.48. The van der Waals surface area contributed by atoms with Gasteiger partial charge in [0.05, 0.1) is 26.4 Å². The van der Waals surface area contributed by atoms with Crippen molar-refractivity contribution in [3.05, 3.63) is 35.4 Å². The predicted molar refractivity (Wildman–Crippen MR) is 113 cm³/mol. The third-order valence-electron chi connectivity index (χ3n) is 5.41. The molecule has 8 nitrogen and oxygen atoms in total. The lowest BCUT2D eigenvalue weighted by Gasteiger charge is -2.31. The van der Waals surface area contributed by atoms with Gasteiger partial charge in [-0.3, -0.25) is 4.90 Å². The molecule has 2 aliphatic rings. The Labute approximate surface area is 173 Å². The molecule has 0 unspecified atom stereocenters. The number of piperidine rings is 1. The van der Waals surface area contributed by atoms with E-state index in [1.54, 1.807) is 4.90 Å². The van der Waals surface area contributed by atoms with Crippen LogP contribution in [-0.4, -0.2) is 73.9 Å². The molecule has 2 fully saturated rings. The quantitative estimate of drug-likeness (QED) is 0.553. The van der Waals surface area contributed by atoms with Gasteiger partial charge in [-0.2, -0.15) is 0 Å². The van der Waals surface area contributed by atoms with E-state index in [9.17, 15) is 4.79 Å². The highest BCUT2D eigenvalue weighted by Gasteiger charge is 2.23. The van der Waals surface area contributed by atoms with Gasteiger partial charge >= 0.3 is 6.09 Å². The Morgan fingerprint density at radius 1 is 1.21 bits per heavy atom. The summed E-state index contributed by atoms with van der Waals surface area (Å²) in [5.41, 5.74) is 8.62. The molecular formula is C21H33N5O3. The maximum atomic E-state index is 11.8. The standard InChI is InChI=1S/C21H33N5O3/c1-2-29-21(27)26-9-7-19(8-10-26)24-20(22)23-15-17-5-3-4-6-18(17)16-25-11-13-28-14-12-25/h3-6,19H,2,7-16H2,1H3,(H3,22,23,24). The number of nitrogens with zero attached hydrogens (tertiary/aromatic N) is 3. The minimum atomic E-state index is -0.232. The van der Waals surface area contributed by atoms with Crippen molar-refractivity contribution in [1.29, 1.82) is 0 Å². The van der Waals surface area contributed by atoms with E-state index in [2.05, 4.69) is 33.4 Å². The first-order chi connectivity index (χ1) is 14.2. The van der Waals surface area contributed by atoms with Gasteiger partial charge in [0.15, 0.2) is 5.96 Å². The van der Waals surface area contributed by atoms with Crippen LogP contribution in [0.5, 0.6) is 0 Å². The Morgan fingerprint density at radius 3 is 2.59 bits per heavy atom. The Morgan fingerprint density at radius 2 is 1.90 bits per heavy atom. The van der Waals surface area contributed by atoms with Crippen molar-refractivity contribution < 1.29 is 14.3 Å². The van der Waals surface area contributed by atoms with Crippen molar-refractivity contribution in [1.82, 2.24) is 15.1 Å². The summed E-state index contributed by atoms with van der Waals surface area (Å²) in [6.07, 6.45) is 1.44. The van der Waals surface area contributed by atoms with E-state index in [1.807, 2.05) is 13.0 Å². The molecule has 1 aromatic rings. The molecule has 3 rings (SSSR count). The summed E-state index contributed by atoms with van der Waals surface area (Å²) < 4.78 is 10.5. The molecule has 3 N–H and O–H groups in total. The number of nitrogens with two attached hydrogens (primary N) is 1. The van der Waals surface area contributed by atoms with Crippen LogP contribution in [0.1, 0.15) is 30.9 Å². The number of aliphatic imine (C=N–C) groups is 1. The number of carbonyl (C=O) groups is 1. The van der Waals surface area contributed by atoms with Crippen LogP contribution in [0.15, 0.2) is 29.3 Å². The van der Waals surface area contributed by atoms with Crippen molar-refractivity contribution >= 4 is 12.1 Å². The lowest BCUT2D eigenvalue weighted by atomic mass is 10.1. The van der Waals surface area contributed by atoms with Gasteiger partial charge in [0, 0.05) is 38.8 Å². The van der Waals surface area contributed by atoms with E-state index in [0.29, 0.717) is 32.2 Å². The zero-order valence-electron chi connectivity index (χ0n) is 17.3. The molecule has 0 spiro atoms. The molecule has 8 heteroatoms. The van der Waals surface area contributed by atoms with E-state index in [0.717, 1.165) is 45.7 Å². The maximum absolute atomic E-state index is 11.8. The second-order valence-electron chi connectivity index (χ2n) is 7.46. The van der Waals surface area contributed by atoms with E-state index in [4.69, 9.17) is 15.2 Å². The normalized spacial score (nSPS) is 19.2. The number of benzene rings is 1. The molecule has 160 valence electrons. The Hall–Kier alpha value is -2.32. The van der Waals surface area contributed by atoms with Crippen molar-refractivity contribution in [2.24, 2.45) is 10.7 Å². The highest BCUT2D eigenvalue weighted by Crippen LogP contribution is 2.15. The molecule has 0 aliphatic carbocycles. The van der Waals surface area contributed by atoms with Gasteiger partial charge in [-0.05, 0) is 30.9 Å². The molecule has 0 aromatic heterocycles. The first kappa shape index (κ1) is 21.4. The van der Waals surface area contributed by atoms with Crippen LogP contribution in [-0.2, 0) is 22.6 Å². The van der Waals surface area contributed by atoms with Crippen LogP contribution in [0.2, 0.25) is 0 Å². The monoisotopic (exact) mass is 403 g/mol. The minimum absolute atomic E-state index is 0.230. The van der Waals surface area contributed by atoms with Crippen LogP contribution in [0.3, 0.4) is 0 Å². The number of ether oxygens (including phenoxy) is 2. The average molecular weight is 404 g/mol. The summed E-state index contributed by atoms with van der Waals surface area (Å²) in [6, 6.07) is 8.62. The Kier molecular flexibility index (Phi) is 8.13. The number of carbonyl (C=O) groups excluding carboxylic acids is 1. The third-order valence-corrected chi connectivity index (χ3v) is 5.41. The lowest BCUT2D eigenvalue weighted by Crippen LogP contribution is -2.48. The molecule has 0 bridgehead atoms. The molecule has 2 aliphatic heterocycles. The van der Waals surface area contributed by atoms with E-state index in [1.165, 1.54) is 11.1 Å². The molecule has 0 atom stereocenters. The van der Waals surface area contributed by atoms with Gasteiger partial charge in [-0.25, -0.2) is 9.79 Å². The van der Waals surface area contributed by atoms with E-state index in [-0.39, 0.29) is 12.1 Å². The van der Waals surface area contributed by atoms with Crippen LogP contribution >= 0.6 is 0 Å². The van der Waals surface area contributed by atoms with Gasteiger partial charge in [0.1, 0.15) is 0 Å². The fraction of sp³-hybridized carbons (Fsp3) is 0.619. The van der Waals surface area contributed by atoms with Gasteiger partial charge in [0.2, 0.25) is 0 Å². The fourth-order valence-electron chi connectivity index (χ4n) is 3.71. The van der Waals surface area contributed by atoms with Crippen molar-refractivity contribution in [2.45, 2.75) is 38.9 Å². The Bertz CT molecular complexity index is 683. The summed E-state index contributed by atoms with van der Waals surface area (Å²) >= 11 is 0. The molecule has 2 heterocycles. The van der Waals surface area contributed by atoms with Crippen LogP contribution in [0.25, 0.3) is 0 Å². The molecule has 2 saturated heterocycles. The van der Waals surface area contributed by atoms with Gasteiger partial charge in [-0.1, -0.05) is 24.3 Å². The number of hydrogen-bond acceptors (Lipinski definition) is 5. The number of nitrogens with one attached hydrogen (secondary N) is 1. The van der Waals surface area contributed by atoms with Crippen molar-refractivity contribution in [2.75, 3.05) is 46.0 Å². The molecule has 0 saturated carbocycles. The first-order valence-corrected chi connectivity index (χ1v) is 10.5. The third kappa shape index (κ3) is 6.61. The lowest BCUT2D eigenvalue weighted by molar-refractivity contribution is 0.0341. The predicted octanol–water partition coefficient (Wildman–Crippen LogP) is 1.54. The highest BCUT2D eigenvalue weighted by atomic mass is 16.6. The SMILES string of the molecule is CCOC(=O)N1CCC(NC(N)=NCc2ccccc2CN2CCOCC2)CC1. The number of guanidine groups is 1. The molecule has 1 aromatic carbocycles. The largest absolute Gasteiger partial charge is 0.450 e. The van der Waals surface area contributed by atoms with Gasteiger partial charge in [0.25, 0.3) is 0 Å². The number of likely N-dealkylation sites (tertiary alicyclic amines) is 1. The van der Waals surface area contributed by atoms with Gasteiger partial charge in [-0.15, -0.1) is 0 Å². The maximum Gasteiger partial charge on any atom is 0.409 e. The first-order valence-electron chi connectivity index (χ1n) is 10.5. The molecule has 1 amide bonds. The fourth-order valence-corrected chi connectivity index (χ4v) is 3.71. The molecule has 0 radical (unpaired) electrons. The van der Waals surface area contributed by atoms with Crippen LogP contribution in [0, 0.1) is 0 Å². The summed E-state index contributed by atoms with van der Waals surface area (Å²) in [5.74, 6) is 0.459. The van der Waals surface area contributed by atoms with Crippen LogP contribution in [0.4, 0.5) is 4.79 Å². The van der Waals surface area contributed by atoms with Crippen molar-refractivity contribution in [3.63, 3.8) is 0 Å². The zero-order valence-corrected chi connectivity index (χ0v) is 17.3. The highest BCUT2D eigenvalue weighted by molar-refractivity contribution is 5.78. The molecule has 29 heavy (non-hydrogen) atoms. The minimum Gasteiger partial charge on any atom is -0.450 e. The summed E-state index contributed by atoms with van der Waals surface area (Å²) in [6.45, 7) is 8.57. The summed E-state index contributed by atoms with van der Waals surface area (Å²) in [4.78, 5) is 20.5. The number of rotatable bonds is 6. The zero-order chi connectivity index (χ0) is 20.5. The van der Waals surface area contributed by atoms with E-state index >= 15 is 0 Å². The van der Waals surface area contributed by atoms with Crippen molar-refractivity contribution in [3.8, 4) is 0 Å².